The lowest BCUT2D eigenvalue weighted by Gasteiger charge is -2.33. The molecule has 0 N–H and O–H groups in total. The predicted octanol–water partition coefficient (Wildman–Crippen LogP) is -0.634. The molecule has 27 heavy (non-hydrogen) atoms. The van der Waals surface area contributed by atoms with Gasteiger partial charge in [0.05, 0.1) is 18.0 Å². The van der Waals surface area contributed by atoms with Crippen LogP contribution in [0.25, 0.3) is 0 Å². The number of aromatic nitrogens is 4. The zero-order chi connectivity index (χ0) is 19.8. The summed E-state index contributed by atoms with van der Waals surface area (Å²) >= 11 is 0. The molecule has 13 heteroatoms. The van der Waals surface area contributed by atoms with Gasteiger partial charge in [0, 0.05) is 39.4 Å². The van der Waals surface area contributed by atoms with Gasteiger partial charge in [-0.05, 0) is 11.8 Å². The summed E-state index contributed by atoms with van der Waals surface area (Å²) in [5.41, 5.74) is 0.446. The van der Waals surface area contributed by atoms with E-state index in [0.717, 1.165) is 4.68 Å². The second-order valence-corrected chi connectivity index (χ2v) is 8.13. The first-order chi connectivity index (χ1) is 12.7. The molecule has 1 aliphatic rings. The Labute approximate surface area is 155 Å². The molecule has 2 aromatic heterocycles. The van der Waals surface area contributed by atoms with Crippen molar-refractivity contribution in [2.45, 2.75) is 18.4 Å². The van der Waals surface area contributed by atoms with Crippen LogP contribution in [-0.4, -0.2) is 74.2 Å². The molecule has 1 amide bonds. The van der Waals surface area contributed by atoms with E-state index in [1.54, 1.807) is 14.0 Å². The topological polar surface area (TPSA) is 136 Å². The number of hydrogen-bond acceptors (Lipinski definition) is 7. The van der Waals surface area contributed by atoms with Gasteiger partial charge in [0.2, 0.25) is 10.0 Å². The maximum Gasteiger partial charge on any atom is 0.345 e. The third-order valence-electron chi connectivity index (χ3n) is 4.26. The molecular formula is C14H19N7O5S. The first-order valence-corrected chi connectivity index (χ1v) is 9.58. The van der Waals surface area contributed by atoms with E-state index in [0.29, 0.717) is 5.69 Å². The number of rotatable bonds is 5. The highest BCUT2D eigenvalue weighted by atomic mass is 32.2. The van der Waals surface area contributed by atoms with Gasteiger partial charge < -0.3 is 15.0 Å². The fourth-order valence-electron chi connectivity index (χ4n) is 2.88. The van der Waals surface area contributed by atoms with Crippen LogP contribution in [0.15, 0.2) is 23.4 Å². The van der Waals surface area contributed by atoms with Crippen molar-refractivity contribution < 1.29 is 18.1 Å². The second-order valence-electron chi connectivity index (χ2n) is 6.19. The number of piperazine rings is 1. The summed E-state index contributed by atoms with van der Waals surface area (Å²) in [6, 6.07) is 1.30. The average molecular weight is 397 g/mol. The molecule has 3 heterocycles. The highest BCUT2D eigenvalue weighted by molar-refractivity contribution is 7.89. The molecule has 0 bridgehead atoms. The van der Waals surface area contributed by atoms with Gasteiger partial charge in [0.15, 0.2) is 6.54 Å². The standard InChI is InChI=1S/C14H19N7O5S/c1-11-7-13(21(23)24)20(16-11)10-14(22)18-3-5-19(6-4-18)27(25,26)12-8-15-17(2)9-12/h7-9H,3-6,10H2,1-2H3. The predicted molar refractivity (Wildman–Crippen MR) is 92.2 cm³/mol. The molecule has 3 rings (SSSR count). The Bertz CT molecular complexity index is 972. The number of hydrogen-bond donors (Lipinski definition) is 0. The highest BCUT2D eigenvalue weighted by Crippen LogP contribution is 2.18. The molecule has 0 aliphatic carbocycles. The largest absolute Gasteiger partial charge is 0.358 e. The fraction of sp³-hybridized carbons (Fsp3) is 0.500. The number of carbonyl (C=O) groups is 1. The Morgan fingerprint density at radius 1 is 1.30 bits per heavy atom. The first kappa shape index (κ1) is 19.0. The van der Waals surface area contributed by atoms with Crippen LogP contribution in [0.2, 0.25) is 0 Å². The van der Waals surface area contributed by atoms with Gasteiger partial charge >= 0.3 is 5.82 Å². The van der Waals surface area contributed by atoms with Crippen molar-refractivity contribution in [2.24, 2.45) is 7.05 Å². The van der Waals surface area contributed by atoms with Crippen molar-refractivity contribution in [3.63, 3.8) is 0 Å². The Morgan fingerprint density at radius 3 is 2.52 bits per heavy atom. The maximum atomic E-state index is 12.6. The smallest absolute Gasteiger partial charge is 0.345 e. The Hall–Kier alpha value is -2.80. The van der Waals surface area contributed by atoms with E-state index in [1.807, 2.05) is 0 Å². The van der Waals surface area contributed by atoms with E-state index in [4.69, 9.17) is 0 Å². The lowest BCUT2D eigenvalue weighted by molar-refractivity contribution is -0.392. The number of sulfonamides is 1. The molecule has 12 nitrogen and oxygen atoms in total. The van der Waals surface area contributed by atoms with Crippen LogP contribution in [0, 0.1) is 17.0 Å². The molecule has 0 atom stereocenters. The van der Waals surface area contributed by atoms with Gasteiger partial charge in [0.25, 0.3) is 5.91 Å². The second kappa shape index (κ2) is 7.08. The SMILES string of the molecule is Cc1cc([N+](=O)[O-])n(CC(=O)N2CCN(S(=O)(=O)c3cnn(C)c3)CC2)n1. The lowest BCUT2D eigenvalue weighted by Crippen LogP contribution is -2.51. The number of amides is 1. The minimum Gasteiger partial charge on any atom is -0.358 e. The van der Waals surface area contributed by atoms with Gasteiger partial charge in [0.1, 0.15) is 4.90 Å². The molecule has 0 aromatic carbocycles. The summed E-state index contributed by atoms with van der Waals surface area (Å²) in [6.07, 6.45) is 2.71. The van der Waals surface area contributed by atoms with Crippen LogP contribution in [-0.2, 0) is 28.4 Å². The Morgan fingerprint density at radius 2 is 1.96 bits per heavy atom. The molecule has 1 saturated heterocycles. The first-order valence-electron chi connectivity index (χ1n) is 8.14. The van der Waals surface area contributed by atoms with Crippen LogP contribution < -0.4 is 0 Å². The average Bonchev–Trinajstić information content (AvgIpc) is 3.21. The summed E-state index contributed by atoms with van der Waals surface area (Å²) in [7, 11) is -2.03. The van der Waals surface area contributed by atoms with Crippen molar-refractivity contribution in [3.05, 3.63) is 34.3 Å². The van der Waals surface area contributed by atoms with Crippen LogP contribution in [0.5, 0.6) is 0 Å². The van der Waals surface area contributed by atoms with Gasteiger partial charge in [-0.1, -0.05) is 5.10 Å². The third-order valence-corrected chi connectivity index (χ3v) is 6.11. The fourth-order valence-corrected chi connectivity index (χ4v) is 4.29. The summed E-state index contributed by atoms with van der Waals surface area (Å²) in [5.74, 6) is -0.599. The van der Waals surface area contributed by atoms with E-state index in [2.05, 4.69) is 10.2 Å². The molecule has 1 aliphatic heterocycles. The normalized spacial score (nSPS) is 15.9. The van der Waals surface area contributed by atoms with E-state index in [9.17, 15) is 23.3 Å². The van der Waals surface area contributed by atoms with Crippen LogP contribution >= 0.6 is 0 Å². The maximum absolute atomic E-state index is 12.6. The minimum atomic E-state index is -3.66. The highest BCUT2D eigenvalue weighted by Gasteiger charge is 2.32. The molecule has 0 saturated carbocycles. The summed E-state index contributed by atoms with van der Waals surface area (Å²) in [6.45, 7) is 2.03. The summed E-state index contributed by atoms with van der Waals surface area (Å²) < 4.78 is 28.9. The van der Waals surface area contributed by atoms with Crippen molar-refractivity contribution in [3.8, 4) is 0 Å². The molecule has 1 fully saturated rings. The molecule has 146 valence electrons. The summed E-state index contributed by atoms with van der Waals surface area (Å²) in [5, 5.41) is 18.9. The Balaban J connectivity index is 1.64. The number of carbonyl (C=O) groups excluding carboxylic acids is 1. The lowest BCUT2D eigenvalue weighted by atomic mass is 10.3. The van der Waals surface area contributed by atoms with Gasteiger partial charge in [-0.15, -0.1) is 4.68 Å². The Kier molecular flexibility index (Phi) is 4.97. The zero-order valence-corrected chi connectivity index (χ0v) is 15.7. The van der Waals surface area contributed by atoms with Crippen molar-refractivity contribution >= 4 is 21.7 Å². The van der Waals surface area contributed by atoms with Crippen LogP contribution in [0.4, 0.5) is 5.82 Å². The van der Waals surface area contributed by atoms with Crippen LogP contribution in [0.3, 0.4) is 0 Å². The van der Waals surface area contributed by atoms with Crippen molar-refractivity contribution in [1.82, 2.24) is 28.8 Å². The van der Waals surface area contributed by atoms with Gasteiger partial charge in [-0.25, -0.2) is 8.42 Å². The monoisotopic (exact) mass is 397 g/mol. The number of aryl methyl sites for hydroxylation is 2. The number of nitro groups is 1. The molecule has 0 radical (unpaired) electrons. The van der Waals surface area contributed by atoms with E-state index in [1.165, 1.54) is 32.3 Å². The number of nitrogens with zero attached hydrogens (tertiary/aromatic N) is 7. The molecule has 2 aromatic rings. The zero-order valence-electron chi connectivity index (χ0n) is 14.8. The minimum absolute atomic E-state index is 0.104. The van der Waals surface area contributed by atoms with E-state index in [-0.39, 0.29) is 49.3 Å². The van der Waals surface area contributed by atoms with Gasteiger partial charge in [-0.2, -0.15) is 9.40 Å². The quantitative estimate of drug-likeness (QED) is 0.484. The van der Waals surface area contributed by atoms with E-state index < -0.39 is 14.9 Å². The van der Waals surface area contributed by atoms with Gasteiger partial charge in [-0.3, -0.25) is 9.48 Å². The van der Waals surface area contributed by atoms with Crippen molar-refractivity contribution in [1.29, 1.82) is 0 Å². The molecular weight excluding hydrogens is 378 g/mol. The van der Waals surface area contributed by atoms with E-state index >= 15 is 0 Å². The molecule has 0 spiro atoms. The molecule has 0 unspecified atom stereocenters. The summed E-state index contributed by atoms with van der Waals surface area (Å²) in [4.78, 5) is 24.5. The van der Waals surface area contributed by atoms with Crippen LogP contribution in [0.1, 0.15) is 5.69 Å². The third kappa shape index (κ3) is 3.83. The van der Waals surface area contributed by atoms with Crippen molar-refractivity contribution in [2.75, 3.05) is 26.2 Å².